The summed E-state index contributed by atoms with van der Waals surface area (Å²) in [6, 6.07) is 3.10. The van der Waals surface area contributed by atoms with Crippen LogP contribution in [-0.2, 0) is 20.4 Å². The molecule has 37 heavy (non-hydrogen) atoms. The van der Waals surface area contributed by atoms with Crippen LogP contribution in [0.4, 0.5) is 27.8 Å². The molecule has 4 aliphatic rings. The molecule has 5 rings (SSSR count). The number of hydrogen-bond acceptors (Lipinski definition) is 6. The predicted molar refractivity (Wildman–Crippen MR) is 124 cm³/mol. The summed E-state index contributed by atoms with van der Waals surface area (Å²) in [4.78, 5) is 21.1. The van der Waals surface area contributed by atoms with E-state index in [-0.39, 0.29) is 62.0 Å². The summed E-state index contributed by atoms with van der Waals surface area (Å²) < 4.78 is 85.3. The van der Waals surface area contributed by atoms with Crippen molar-refractivity contribution in [2.24, 2.45) is 5.41 Å². The van der Waals surface area contributed by atoms with Gasteiger partial charge in [0.15, 0.2) is 0 Å². The smallest absolute Gasteiger partial charge is 0.379 e. The van der Waals surface area contributed by atoms with E-state index in [2.05, 4.69) is 10.3 Å². The Balaban J connectivity index is 1.26. The minimum Gasteiger partial charge on any atom is -0.379 e. The van der Waals surface area contributed by atoms with Gasteiger partial charge in [0.2, 0.25) is 12.3 Å². The number of halogens is 5. The molecule has 6 atom stereocenters. The standard InChI is InChI=1S/C25H33F5N4O3/c1-36-19-14-37-8-6-18(19)31-15-5-7-24(10-15,11-21(26)27)23(35)34-13-16-9-17(34)12-33(16)22-4-2-3-20(32-22)25(28,29)30/h2-4,15-19,21,31H,5-14H2,1H3/t15-,16+,17+,18+,19-,24+/m1/s1/i1D. The predicted octanol–water partition coefficient (Wildman–Crippen LogP) is 3.48. The number of aromatic nitrogens is 1. The highest BCUT2D eigenvalue weighted by molar-refractivity contribution is 5.84. The van der Waals surface area contributed by atoms with Gasteiger partial charge in [-0.1, -0.05) is 6.07 Å². The lowest BCUT2D eigenvalue weighted by atomic mass is 9.80. The molecule has 7 nitrogen and oxygen atoms in total. The van der Waals surface area contributed by atoms with Crippen LogP contribution in [0, 0.1) is 5.41 Å². The topological polar surface area (TPSA) is 66.9 Å². The molecule has 0 radical (unpaired) electrons. The molecule has 206 valence electrons. The summed E-state index contributed by atoms with van der Waals surface area (Å²) in [5, 5.41) is 3.49. The molecule has 12 heteroatoms. The SMILES string of the molecule is [2H]CO[C@@H]1COCC[C@@H]1N[C@@H]1CC[C@](CC(F)F)(C(=O)N2C[C@@H]3C[C@H]2CN3c2cccc(C(F)(F)F)n2)C1. The third-order valence-corrected chi connectivity index (χ3v) is 8.40. The van der Waals surface area contributed by atoms with Gasteiger partial charge in [0, 0.05) is 45.3 Å². The van der Waals surface area contributed by atoms with Gasteiger partial charge in [-0.25, -0.2) is 13.8 Å². The third kappa shape index (κ3) is 5.29. The molecule has 0 unspecified atom stereocenters. The molecule has 3 saturated heterocycles. The highest BCUT2D eigenvalue weighted by Crippen LogP contribution is 2.47. The molecule has 0 aromatic carbocycles. The largest absolute Gasteiger partial charge is 0.433 e. The molecule has 1 aromatic heterocycles. The van der Waals surface area contributed by atoms with Gasteiger partial charge in [0.1, 0.15) is 11.5 Å². The minimum atomic E-state index is -4.55. The van der Waals surface area contributed by atoms with E-state index in [1.807, 2.05) is 0 Å². The summed E-state index contributed by atoms with van der Waals surface area (Å²) in [6.07, 6.45) is -5.55. The van der Waals surface area contributed by atoms with E-state index in [1.54, 1.807) is 9.80 Å². The maximum atomic E-state index is 13.8. The van der Waals surface area contributed by atoms with Crippen LogP contribution in [0.2, 0.25) is 0 Å². The maximum absolute atomic E-state index is 13.8. The summed E-state index contributed by atoms with van der Waals surface area (Å²) in [5.74, 6) is -0.0649. The van der Waals surface area contributed by atoms with E-state index in [1.165, 1.54) is 12.1 Å². The first-order valence-electron chi connectivity index (χ1n) is 13.4. The van der Waals surface area contributed by atoms with Crippen LogP contribution < -0.4 is 10.2 Å². The van der Waals surface area contributed by atoms with Gasteiger partial charge in [-0.3, -0.25) is 4.79 Å². The Kier molecular flexibility index (Phi) is 7.00. The number of methoxy groups -OCH3 is 1. The molecule has 1 N–H and O–H groups in total. The van der Waals surface area contributed by atoms with Crippen LogP contribution in [0.3, 0.4) is 0 Å². The Morgan fingerprint density at radius 3 is 2.86 bits per heavy atom. The molecule has 1 aliphatic carbocycles. The lowest BCUT2D eigenvalue weighted by Gasteiger charge is -2.40. The Morgan fingerprint density at radius 1 is 1.32 bits per heavy atom. The molecular formula is C25H33F5N4O3. The number of carbonyl (C=O) groups is 1. The number of amides is 1. The summed E-state index contributed by atoms with van der Waals surface area (Å²) >= 11 is 0. The average molecular weight is 534 g/mol. The van der Waals surface area contributed by atoms with Crippen molar-refractivity contribution in [1.82, 2.24) is 15.2 Å². The van der Waals surface area contributed by atoms with Crippen molar-refractivity contribution in [3.05, 3.63) is 23.9 Å². The third-order valence-electron chi connectivity index (χ3n) is 8.40. The zero-order chi connectivity index (χ0) is 27.1. The lowest BCUT2D eigenvalue weighted by molar-refractivity contribution is -0.146. The van der Waals surface area contributed by atoms with Crippen molar-refractivity contribution >= 4 is 11.7 Å². The molecule has 4 heterocycles. The maximum Gasteiger partial charge on any atom is 0.433 e. The first-order valence-corrected chi connectivity index (χ1v) is 12.7. The second-order valence-corrected chi connectivity index (χ2v) is 10.7. The number of nitrogens with zero attached hydrogens (tertiary/aromatic N) is 3. The van der Waals surface area contributed by atoms with E-state index in [4.69, 9.17) is 10.8 Å². The quantitative estimate of drug-likeness (QED) is 0.542. The molecule has 0 spiro atoms. The summed E-state index contributed by atoms with van der Waals surface area (Å²) in [5.41, 5.74) is -2.15. The molecule has 1 aromatic rings. The number of fused-ring (bicyclic) bond motifs is 2. The van der Waals surface area contributed by atoms with Crippen LogP contribution >= 0.6 is 0 Å². The van der Waals surface area contributed by atoms with Gasteiger partial charge in [-0.15, -0.1) is 0 Å². The molecule has 1 saturated carbocycles. The van der Waals surface area contributed by atoms with Crippen molar-refractivity contribution < 1.29 is 37.6 Å². The lowest BCUT2D eigenvalue weighted by Crippen LogP contribution is -2.54. The van der Waals surface area contributed by atoms with E-state index in [9.17, 15) is 26.7 Å². The van der Waals surface area contributed by atoms with E-state index >= 15 is 0 Å². The highest BCUT2D eigenvalue weighted by atomic mass is 19.4. The highest BCUT2D eigenvalue weighted by Gasteiger charge is 2.54. The number of nitrogens with one attached hydrogen (secondary N) is 1. The van der Waals surface area contributed by atoms with E-state index < -0.39 is 30.1 Å². The summed E-state index contributed by atoms with van der Waals surface area (Å²) in [6.45, 7) is 1.51. The van der Waals surface area contributed by atoms with Gasteiger partial charge < -0.3 is 24.6 Å². The number of pyridine rings is 1. The number of likely N-dealkylation sites (tertiary alicyclic amines) is 1. The van der Waals surface area contributed by atoms with Crippen molar-refractivity contribution in [3.63, 3.8) is 0 Å². The van der Waals surface area contributed by atoms with Crippen molar-refractivity contribution in [3.8, 4) is 0 Å². The number of rotatable bonds is 7. The number of alkyl halides is 5. The number of anilines is 1. The molecular weight excluding hydrogens is 499 g/mol. The number of carbonyl (C=O) groups excluding carboxylic acids is 1. The molecule has 2 bridgehead atoms. The van der Waals surface area contributed by atoms with Crippen molar-refractivity contribution in [2.45, 2.75) is 81.4 Å². The van der Waals surface area contributed by atoms with Crippen LogP contribution in [0.5, 0.6) is 0 Å². The first kappa shape index (κ1) is 25.2. The van der Waals surface area contributed by atoms with Gasteiger partial charge >= 0.3 is 6.18 Å². The Morgan fingerprint density at radius 2 is 2.16 bits per heavy atom. The number of ether oxygens (including phenoxy) is 2. The zero-order valence-corrected chi connectivity index (χ0v) is 20.4. The first-order chi connectivity index (χ1) is 18.1. The fraction of sp³-hybridized carbons (Fsp3) is 0.760. The fourth-order valence-electron chi connectivity index (χ4n) is 6.64. The minimum absolute atomic E-state index is 0.0760. The van der Waals surface area contributed by atoms with Crippen molar-refractivity contribution in [1.29, 1.82) is 0 Å². The van der Waals surface area contributed by atoms with Crippen LogP contribution in [0.15, 0.2) is 18.2 Å². The second kappa shape index (κ2) is 10.3. The van der Waals surface area contributed by atoms with E-state index in [0.29, 0.717) is 45.4 Å². The van der Waals surface area contributed by atoms with Gasteiger partial charge in [-0.05, 0) is 44.2 Å². The Hall–Kier alpha value is -2.05. The van der Waals surface area contributed by atoms with Crippen molar-refractivity contribution in [2.75, 3.05) is 38.3 Å². The van der Waals surface area contributed by atoms with Gasteiger partial charge in [0.05, 0.1) is 31.6 Å². The normalized spacial score (nSPS) is 34.4. The second-order valence-electron chi connectivity index (χ2n) is 10.7. The monoisotopic (exact) mass is 533 g/mol. The van der Waals surface area contributed by atoms with Gasteiger partial charge in [0.25, 0.3) is 0 Å². The summed E-state index contributed by atoms with van der Waals surface area (Å²) in [7, 11) is -0.199. The number of piperazine rings is 1. The van der Waals surface area contributed by atoms with Crippen LogP contribution in [-0.4, -0.2) is 85.9 Å². The molecule has 1 amide bonds. The van der Waals surface area contributed by atoms with Gasteiger partial charge in [-0.2, -0.15) is 13.2 Å². The Bertz CT molecular complexity index is 1000. The van der Waals surface area contributed by atoms with Crippen LogP contribution in [0.25, 0.3) is 0 Å². The zero-order valence-electron chi connectivity index (χ0n) is 21.4. The molecule has 4 fully saturated rings. The van der Waals surface area contributed by atoms with E-state index in [0.717, 1.165) is 6.07 Å². The Labute approximate surface area is 214 Å². The van der Waals surface area contributed by atoms with Crippen LogP contribution in [0.1, 0.15) is 45.6 Å². The fourth-order valence-corrected chi connectivity index (χ4v) is 6.64. The molecule has 3 aliphatic heterocycles. The average Bonchev–Trinajstić information content (AvgIpc) is 3.59. The number of hydrogen-bond donors (Lipinski definition) is 1.